The van der Waals surface area contributed by atoms with Crippen molar-refractivity contribution in [3.8, 4) is 0 Å². The summed E-state index contributed by atoms with van der Waals surface area (Å²) >= 11 is 0. The first-order chi connectivity index (χ1) is 7.24. The first-order valence-corrected chi connectivity index (χ1v) is 4.51. The maximum atomic E-state index is 10.6. The van der Waals surface area contributed by atoms with Crippen LogP contribution in [0, 0.1) is 0 Å². The first kappa shape index (κ1) is 11.1. The van der Waals surface area contributed by atoms with E-state index in [1.54, 1.807) is 0 Å². The van der Waals surface area contributed by atoms with Crippen LogP contribution in [-0.2, 0) is 4.79 Å². The number of rotatable bonds is 5. The van der Waals surface area contributed by atoms with Crippen molar-refractivity contribution >= 4 is 5.97 Å². The second-order valence-corrected chi connectivity index (χ2v) is 3.12. The number of carbonyl (C=O) groups is 1. The van der Waals surface area contributed by atoms with Crippen molar-refractivity contribution in [2.45, 2.75) is 12.3 Å². The molecule has 0 heterocycles. The van der Waals surface area contributed by atoms with Gasteiger partial charge in [0.1, 0.15) is 0 Å². The Morgan fingerprint density at radius 2 is 2.13 bits per heavy atom. The third-order valence-electron chi connectivity index (χ3n) is 2.06. The molecular weight excluding hydrogens is 194 g/mol. The van der Waals surface area contributed by atoms with Crippen molar-refractivity contribution in [1.29, 1.82) is 0 Å². The van der Waals surface area contributed by atoms with Gasteiger partial charge in [0.25, 0.3) is 0 Å². The molecule has 0 bridgehead atoms. The van der Waals surface area contributed by atoms with Crippen molar-refractivity contribution in [2.75, 3.05) is 6.54 Å². The minimum atomic E-state index is -0.892. The minimum absolute atomic E-state index is 0.0248. The third-order valence-corrected chi connectivity index (χ3v) is 2.06. The van der Waals surface area contributed by atoms with E-state index in [1.165, 1.54) is 0 Å². The molecule has 0 radical (unpaired) electrons. The number of carboxylic acids is 1. The van der Waals surface area contributed by atoms with Crippen molar-refractivity contribution in [3.05, 3.63) is 46.3 Å². The predicted octanol–water partition coefficient (Wildman–Crippen LogP) is 2.56. The van der Waals surface area contributed by atoms with Gasteiger partial charge in [-0.2, -0.15) is 0 Å². The van der Waals surface area contributed by atoms with E-state index in [4.69, 9.17) is 10.6 Å². The van der Waals surface area contributed by atoms with E-state index in [2.05, 4.69) is 10.0 Å². The normalized spacial score (nSPS) is 11.5. The number of nitrogens with zero attached hydrogens (tertiary/aromatic N) is 3. The van der Waals surface area contributed by atoms with Crippen molar-refractivity contribution in [1.82, 2.24) is 0 Å². The third kappa shape index (κ3) is 3.70. The predicted molar refractivity (Wildman–Crippen MR) is 55.4 cm³/mol. The van der Waals surface area contributed by atoms with Gasteiger partial charge in [-0.05, 0) is 17.0 Å². The molecule has 1 rings (SSSR count). The smallest absolute Gasteiger partial charge is 0.303 e. The zero-order valence-corrected chi connectivity index (χ0v) is 8.08. The summed E-state index contributed by atoms with van der Waals surface area (Å²) in [6, 6.07) is 9.19. The Bertz CT molecular complexity index is 368. The summed E-state index contributed by atoms with van der Waals surface area (Å²) in [4.78, 5) is 13.3. The molecule has 0 fully saturated rings. The van der Waals surface area contributed by atoms with Gasteiger partial charge in [0.15, 0.2) is 0 Å². The molecule has 5 nitrogen and oxygen atoms in total. The molecule has 1 aromatic rings. The van der Waals surface area contributed by atoms with Gasteiger partial charge in [-0.1, -0.05) is 35.4 Å². The zero-order chi connectivity index (χ0) is 11.1. The van der Waals surface area contributed by atoms with Gasteiger partial charge >= 0.3 is 5.97 Å². The maximum absolute atomic E-state index is 10.6. The molecule has 0 aliphatic rings. The van der Waals surface area contributed by atoms with Crippen LogP contribution >= 0.6 is 0 Å². The Kier molecular flexibility index (Phi) is 4.19. The lowest BCUT2D eigenvalue weighted by atomic mass is 9.96. The summed E-state index contributed by atoms with van der Waals surface area (Å²) in [6.07, 6.45) is -0.0248. The van der Waals surface area contributed by atoms with Crippen LogP contribution in [0.15, 0.2) is 35.4 Å². The van der Waals surface area contributed by atoms with Gasteiger partial charge in [-0.15, -0.1) is 0 Å². The number of azide groups is 1. The molecule has 1 aromatic carbocycles. The van der Waals surface area contributed by atoms with Gasteiger partial charge in [-0.25, -0.2) is 0 Å². The molecule has 0 spiro atoms. The average molecular weight is 205 g/mol. The highest BCUT2D eigenvalue weighted by molar-refractivity contribution is 5.68. The van der Waals surface area contributed by atoms with Crippen LogP contribution < -0.4 is 0 Å². The first-order valence-electron chi connectivity index (χ1n) is 4.51. The zero-order valence-electron chi connectivity index (χ0n) is 8.08. The van der Waals surface area contributed by atoms with E-state index in [9.17, 15) is 4.79 Å². The van der Waals surface area contributed by atoms with Crippen LogP contribution in [0.3, 0.4) is 0 Å². The molecule has 1 N–H and O–H groups in total. The van der Waals surface area contributed by atoms with Crippen molar-refractivity contribution in [3.63, 3.8) is 0 Å². The molecule has 1 atom stereocenters. The fourth-order valence-electron chi connectivity index (χ4n) is 1.36. The average Bonchev–Trinajstić information content (AvgIpc) is 2.25. The fourth-order valence-corrected chi connectivity index (χ4v) is 1.36. The highest BCUT2D eigenvalue weighted by atomic mass is 16.4. The summed E-state index contributed by atoms with van der Waals surface area (Å²) in [7, 11) is 0. The summed E-state index contributed by atoms with van der Waals surface area (Å²) in [5.41, 5.74) is 9.09. The SMILES string of the molecule is [N-]=[N+]=NCC(CC(=O)O)c1ccccc1. The lowest BCUT2D eigenvalue weighted by Crippen LogP contribution is -2.08. The summed E-state index contributed by atoms with van der Waals surface area (Å²) < 4.78 is 0. The molecule has 15 heavy (non-hydrogen) atoms. The number of hydrogen-bond donors (Lipinski definition) is 1. The Morgan fingerprint density at radius 1 is 1.47 bits per heavy atom. The number of hydrogen-bond acceptors (Lipinski definition) is 2. The second kappa shape index (κ2) is 5.67. The quantitative estimate of drug-likeness (QED) is 0.455. The Balaban J connectivity index is 2.80. The molecule has 0 saturated heterocycles. The van der Waals surface area contributed by atoms with E-state index in [0.717, 1.165) is 5.56 Å². The van der Waals surface area contributed by atoms with Crippen LogP contribution in [-0.4, -0.2) is 17.6 Å². The monoisotopic (exact) mass is 205 g/mol. The van der Waals surface area contributed by atoms with E-state index < -0.39 is 5.97 Å². The largest absolute Gasteiger partial charge is 0.481 e. The topological polar surface area (TPSA) is 86.1 Å². The minimum Gasteiger partial charge on any atom is -0.481 e. The standard InChI is InChI=1S/C10H11N3O2/c11-13-12-7-9(6-10(14)15)8-4-2-1-3-5-8/h1-5,9H,6-7H2,(H,14,15). The highest BCUT2D eigenvalue weighted by Crippen LogP contribution is 2.19. The van der Waals surface area contributed by atoms with Gasteiger partial charge in [-0.3, -0.25) is 4.79 Å². The Hall–Kier alpha value is -2.00. The molecule has 0 aliphatic heterocycles. The van der Waals surface area contributed by atoms with E-state index in [0.29, 0.717) is 0 Å². The lowest BCUT2D eigenvalue weighted by molar-refractivity contribution is -0.137. The van der Waals surface area contributed by atoms with Crippen LogP contribution in [0.2, 0.25) is 0 Å². The van der Waals surface area contributed by atoms with Crippen molar-refractivity contribution in [2.24, 2.45) is 5.11 Å². The summed E-state index contributed by atoms with van der Waals surface area (Å²) in [6.45, 7) is 0.173. The Labute approximate surface area is 87.0 Å². The maximum Gasteiger partial charge on any atom is 0.303 e. The molecule has 0 amide bonds. The fraction of sp³-hybridized carbons (Fsp3) is 0.300. The van der Waals surface area contributed by atoms with Crippen LogP contribution in [0.4, 0.5) is 0 Å². The van der Waals surface area contributed by atoms with Crippen LogP contribution in [0.1, 0.15) is 17.9 Å². The van der Waals surface area contributed by atoms with E-state index in [1.807, 2.05) is 30.3 Å². The summed E-state index contributed by atoms with van der Waals surface area (Å²) in [5, 5.41) is 12.1. The Morgan fingerprint density at radius 3 is 2.67 bits per heavy atom. The van der Waals surface area contributed by atoms with Gasteiger partial charge < -0.3 is 5.11 Å². The molecule has 0 aliphatic carbocycles. The van der Waals surface area contributed by atoms with Crippen LogP contribution in [0.25, 0.3) is 10.4 Å². The second-order valence-electron chi connectivity index (χ2n) is 3.12. The highest BCUT2D eigenvalue weighted by Gasteiger charge is 2.13. The van der Waals surface area contributed by atoms with Gasteiger partial charge in [0, 0.05) is 11.5 Å². The summed E-state index contributed by atoms with van der Waals surface area (Å²) in [5.74, 6) is -1.14. The molecule has 5 heteroatoms. The van der Waals surface area contributed by atoms with E-state index in [-0.39, 0.29) is 18.9 Å². The number of benzene rings is 1. The number of aliphatic carboxylic acids is 1. The molecule has 1 unspecified atom stereocenters. The van der Waals surface area contributed by atoms with E-state index >= 15 is 0 Å². The van der Waals surface area contributed by atoms with Crippen molar-refractivity contribution < 1.29 is 9.90 Å². The van der Waals surface area contributed by atoms with Gasteiger partial charge in [0.05, 0.1) is 6.42 Å². The van der Waals surface area contributed by atoms with Gasteiger partial charge in [0.2, 0.25) is 0 Å². The molecule has 0 saturated carbocycles. The van der Waals surface area contributed by atoms with Crippen LogP contribution in [0.5, 0.6) is 0 Å². The lowest BCUT2D eigenvalue weighted by Gasteiger charge is -2.11. The number of carboxylic acid groups (broad SMARTS) is 1. The molecule has 0 aromatic heterocycles. The molecular formula is C10H11N3O2. The molecule has 78 valence electrons.